The number of alkyl halides is 2. The van der Waals surface area contributed by atoms with Crippen molar-refractivity contribution in [1.82, 2.24) is 4.98 Å². The molecular formula is C13H9BrF2N2O2. The first-order valence-electron chi connectivity index (χ1n) is 5.52. The third kappa shape index (κ3) is 3.74. The second kappa shape index (κ2) is 6.42. The zero-order valence-electron chi connectivity index (χ0n) is 10.0. The number of hydrogen-bond donors (Lipinski definition) is 1. The molecule has 7 heteroatoms. The molecule has 0 unspecified atom stereocenters. The minimum Gasteiger partial charge on any atom is -0.434 e. The second-order valence-corrected chi connectivity index (χ2v) is 4.62. The molecule has 0 aliphatic heterocycles. The van der Waals surface area contributed by atoms with E-state index in [1.165, 1.54) is 30.6 Å². The van der Waals surface area contributed by atoms with Crippen LogP contribution in [0.1, 0.15) is 10.4 Å². The van der Waals surface area contributed by atoms with Gasteiger partial charge in [-0.05, 0) is 30.3 Å². The Labute approximate surface area is 121 Å². The predicted molar refractivity (Wildman–Crippen MR) is 73.0 cm³/mol. The molecule has 0 saturated heterocycles. The molecule has 20 heavy (non-hydrogen) atoms. The molecule has 1 aromatic heterocycles. The Hall–Kier alpha value is -2.02. The van der Waals surface area contributed by atoms with E-state index >= 15 is 0 Å². The number of carbonyl (C=O) groups excluding carboxylic acids is 1. The molecule has 4 nitrogen and oxygen atoms in total. The van der Waals surface area contributed by atoms with E-state index in [1.807, 2.05) is 0 Å². The number of halogens is 3. The van der Waals surface area contributed by atoms with Crippen LogP contribution in [0.2, 0.25) is 0 Å². The van der Waals surface area contributed by atoms with Gasteiger partial charge >= 0.3 is 6.61 Å². The highest BCUT2D eigenvalue weighted by Gasteiger charge is 2.16. The highest BCUT2D eigenvalue weighted by atomic mass is 79.9. The Morgan fingerprint density at radius 2 is 1.95 bits per heavy atom. The van der Waals surface area contributed by atoms with E-state index < -0.39 is 12.5 Å². The van der Waals surface area contributed by atoms with Crippen LogP contribution in [0.4, 0.5) is 14.5 Å². The number of nitrogens with one attached hydrogen (secondary N) is 1. The van der Waals surface area contributed by atoms with Crippen LogP contribution in [-0.2, 0) is 0 Å². The fourth-order valence-electron chi connectivity index (χ4n) is 1.51. The highest BCUT2D eigenvalue weighted by molar-refractivity contribution is 9.10. The van der Waals surface area contributed by atoms with E-state index in [1.54, 1.807) is 12.1 Å². The summed E-state index contributed by atoms with van der Waals surface area (Å²) in [6, 6.07) is 7.40. The number of ether oxygens (including phenoxy) is 1. The molecule has 2 aromatic rings. The summed E-state index contributed by atoms with van der Waals surface area (Å²) >= 11 is 3.18. The van der Waals surface area contributed by atoms with Crippen LogP contribution in [0, 0.1) is 0 Å². The van der Waals surface area contributed by atoms with E-state index in [0.29, 0.717) is 10.2 Å². The molecule has 0 radical (unpaired) electrons. The zero-order valence-corrected chi connectivity index (χ0v) is 11.6. The number of anilines is 1. The van der Waals surface area contributed by atoms with Crippen LogP contribution >= 0.6 is 15.9 Å². The lowest BCUT2D eigenvalue weighted by Crippen LogP contribution is -2.15. The van der Waals surface area contributed by atoms with Crippen LogP contribution in [0.3, 0.4) is 0 Å². The van der Waals surface area contributed by atoms with Crippen molar-refractivity contribution in [1.29, 1.82) is 0 Å². The van der Waals surface area contributed by atoms with Gasteiger partial charge in [-0.25, -0.2) is 0 Å². The van der Waals surface area contributed by atoms with Crippen LogP contribution in [-0.4, -0.2) is 17.5 Å². The number of aromatic nitrogens is 1. The molecule has 0 spiro atoms. The van der Waals surface area contributed by atoms with Gasteiger partial charge in [0, 0.05) is 22.6 Å². The van der Waals surface area contributed by atoms with Crippen LogP contribution in [0.5, 0.6) is 5.75 Å². The molecule has 0 saturated carbocycles. The number of amides is 1. The normalized spacial score (nSPS) is 10.4. The fraction of sp³-hybridized carbons (Fsp3) is 0.0769. The molecule has 0 atom stereocenters. The van der Waals surface area contributed by atoms with Crippen LogP contribution in [0.15, 0.2) is 47.2 Å². The van der Waals surface area contributed by atoms with Crippen molar-refractivity contribution in [2.45, 2.75) is 6.61 Å². The lowest BCUT2D eigenvalue weighted by molar-refractivity contribution is -0.0501. The molecular weight excluding hydrogens is 334 g/mol. The smallest absolute Gasteiger partial charge is 0.387 e. The van der Waals surface area contributed by atoms with Gasteiger partial charge in [0.2, 0.25) is 0 Å². The zero-order chi connectivity index (χ0) is 14.5. The van der Waals surface area contributed by atoms with Crippen molar-refractivity contribution in [2.75, 3.05) is 5.32 Å². The van der Waals surface area contributed by atoms with E-state index in [-0.39, 0.29) is 11.3 Å². The quantitative estimate of drug-likeness (QED) is 0.921. The van der Waals surface area contributed by atoms with Gasteiger partial charge in [-0.1, -0.05) is 15.9 Å². The van der Waals surface area contributed by atoms with Gasteiger partial charge in [-0.2, -0.15) is 8.78 Å². The van der Waals surface area contributed by atoms with Gasteiger partial charge in [0.05, 0.1) is 5.56 Å². The number of rotatable bonds is 4. The molecule has 1 heterocycles. The van der Waals surface area contributed by atoms with Crippen molar-refractivity contribution in [3.05, 3.63) is 52.8 Å². The van der Waals surface area contributed by atoms with Gasteiger partial charge in [0.25, 0.3) is 5.91 Å². The number of pyridine rings is 1. The molecule has 2 rings (SSSR count). The summed E-state index contributed by atoms with van der Waals surface area (Å²) in [5, 5.41) is 2.57. The Morgan fingerprint density at radius 3 is 2.60 bits per heavy atom. The summed E-state index contributed by atoms with van der Waals surface area (Å²) in [7, 11) is 0. The lowest BCUT2D eigenvalue weighted by atomic mass is 10.2. The van der Waals surface area contributed by atoms with Crippen molar-refractivity contribution >= 4 is 27.5 Å². The Morgan fingerprint density at radius 1 is 1.25 bits per heavy atom. The summed E-state index contributed by atoms with van der Waals surface area (Å²) in [5.41, 5.74) is 0.518. The molecule has 1 N–H and O–H groups in total. The first kappa shape index (κ1) is 14.4. The Bertz CT molecular complexity index is 609. The summed E-state index contributed by atoms with van der Waals surface area (Å²) in [6.45, 7) is -3.00. The maximum Gasteiger partial charge on any atom is 0.387 e. The average Bonchev–Trinajstić information content (AvgIpc) is 2.41. The number of carbonyl (C=O) groups is 1. The largest absolute Gasteiger partial charge is 0.434 e. The van der Waals surface area contributed by atoms with E-state index in [0.717, 1.165) is 0 Å². The minimum absolute atomic E-state index is 0.0106. The summed E-state index contributed by atoms with van der Waals surface area (Å²) < 4.78 is 29.5. The predicted octanol–water partition coefficient (Wildman–Crippen LogP) is 3.70. The van der Waals surface area contributed by atoms with Crippen molar-refractivity contribution < 1.29 is 18.3 Å². The Kier molecular flexibility index (Phi) is 4.62. The highest BCUT2D eigenvalue weighted by Crippen LogP contribution is 2.25. The van der Waals surface area contributed by atoms with Gasteiger partial charge in [-0.15, -0.1) is 0 Å². The molecule has 104 valence electrons. The van der Waals surface area contributed by atoms with Crippen molar-refractivity contribution in [2.24, 2.45) is 0 Å². The number of nitrogens with zero attached hydrogens (tertiary/aromatic N) is 1. The van der Waals surface area contributed by atoms with Gasteiger partial charge in [-0.3, -0.25) is 9.78 Å². The topological polar surface area (TPSA) is 51.2 Å². The average molecular weight is 343 g/mol. The molecule has 0 bridgehead atoms. The monoisotopic (exact) mass is 342 g/mol. The van der Waals surface area contributed by atoms with E-state index in [9.17, 15) is 13.6 Å². The van der Waals surface area contributed by atoms with E-state index in [2.05, 4.69) is 31.0 Å². The first-order chi connectivity index (χ1) is 9.56. The standard InChI is InChI=1S/C13H9BrF2N2O2/c14-8-1-2-11(20-13(15)16)10(7-8)12(19)18-9-3-5-17-6-4-9/h1-7,13H,(H,17,18,19). The van der Waals surface area contributed by atoms with Crippen LogP contribution in [0.25, 0.3) is 0 Å². The maximum absolute atomic E-state index is 12.3. The van der Waals surface area contributed by atoms with Gasteiger partial charge in [0.1, 0.15) is 5.75 Å². The van der Waals surface area contributed by atoms with Gasteiger partial charge < -0.3 is 10.1 Å². The summed E-state index contributed by atoms with van der Waals surface area (Å²) in [5.74, 6) is -0.733. The van der Waals surface area contributed by atoms with Crippen molar-refractivity contribution in [3.8, 4) is 5.75 Å². The molecule has 1 aromatic carbocycles. The Balaban J connectivity index is 2.26. The fourth-order valence-corrected chi connectivity index (χ4v) is 1.87. The SMILES string of the molecule is O=C(Nc1ccncc1)c1cc(Br)ccc1OC(F)F. The maximum atomic E-state index is 12.3. The molecule has 1 amide bonds. The van der Waals surface area contributed by atoms with E-state index in [4.69, 9.17) is 0 Å². The second-order valence-electron chi connectivity index (χ2n) is 3.71. The van der Waals surface area contributed by atoms with Crippen molar-refractivity contribution in [3.63, 3.8) is 0 Å². The molecule has 0 aliphatic rings. The van der Waals surface area contributed by atoms with Gasteiger partial charge in [0.15, 0.2) is 0 Å². The number of hydrogen-bond acceptors (Lipinski definition) is 3. The minimum atomic E-state index is -3.00. The summed E-state index contributed by atoms with van der Waals surface area (Å²) in [6.07, 6.45) is 3.01. The third-order valence-electron chi connectivity index (χ3n) is 2.34. The number of benzene rings is 1. The van der Waals surface area contributed by atoms with Crippen LogP contribution < -0.4 is 10.1 Å². The molecule has 0 aliphatic carbocycles. The molecule has 0 fully saturated rings. The first-order valence-corrected chi connectivity index (χ1v) is 6.31. The summed E-state index contributed by atoms with van der Waals surface area (Å²) in [4.78, 5) is 15.9. The lowest BCUT2D eigenvalue weighted by Gasteiger charge is -2.11. The third-order valence-corrected chi connectivity index (χ3v) is 2.83.